The number of nitrogens with zero attached hydrogens (tertiary/aromatic N) is 2. The molecule has 0 amide bonds. The number of aliphatic imine (C=N–C) groups is 1. The van der Waals surface area contributed by atoms with Crippen molar-refractivity contribution >= 4 is 29.9 Å². The Kier molecular flexibility index (Phi) is 8.97. The molecule has 2 heterocycles. The highest BCUT2D eigenvalue weighted by molar-refractivity contribution is 14.0. The predicted molar refractivity (Wildman–Crippen MR) is 115 cm³/mol. The molecule has 1 saturated heterocycles. The molecule has 1 aliphatic rings. The van der Waals surface area contributed by atoms with Crippen LogP contribution in [0, 0.1) is 5.92 Å². The van der Waals surface area contributed by atoms with E-state index >= 15 is 0 Å². The van der Waals surface area contributed by atoms with Gasteiger partial charge in [-0.3, -0.25) is 0 Å². The first-order valence-electron chi connectivity index (χ1n) is 8.95. The summed E-state index contributed by atoms with van der Waals surface area (Å²) in [5, 5.41) is 3.48. The third-order valence-corrected chi connectivity index (χ3v) is 4.41. The van der Waals surface area contributed by atoms with Crippen molar-refractivity contribution in [1.29, 1.82) is 0 Å². The molecule has 6 heteroatoms. The molecule has 0 spiro atoms. The van der Waals surface area contributed by atoms with Crippen molar-refractivity contribution in [1.82, 2.24) is 10.2 Å². The highest BCUT2D eigenvalue weighted by Gasteiger charge is 2.19. The van der Waals surface area contributed by atoms with Crippen molar-refractivity contribution in [2.75, 3.05) is 33.4 Å². The van der Waals surface area contributed by atoms with E-state index < -0.39 is 0 Å². The summed E-state index contributed by atoms with van der Waals surface area (Å²) in [5.41, 5.74) is 1.21. The van der Waals surface area contributed by atoms with Crippen LogP contribution in [0.3, 0.4) is 0 Å². The van der Waals surface area contributed by atoms with Gasteiger partial charge in [-0.05, 0) is 24.1 Å². The molecule has 26 heavy (non-hydrogen) atoms. The van der Waals surface area contributed by atoms with Gasteiger partial charge in [0, 0.05) is 39.1 Å². The fourth-order valence-electron chi connectivity index (χ4n) is 3.01. The molecule has 2 aromatic rings. The Balaban J connectivity index is 0.00000243. The molecule has 1 aromatic heterocycles. The van der Waals surface area contributed by atoms with Crippen LogP contribution in [0.2, 0.25) is 0 Å². The van der Waals surface area contributed by atoms with Crippen LogP contribution in [0.1, 0.15) is 17.7 Å². The number of halogens is 1. The van der Waals surface area contributed by atoms with Gasteiger partial charge < -0.3 is 19.4 Å². The lowest BCUT2D eigenvalue weighted by atomic mass is 10.1. The molecule has 5 nitrogen and oxygen atoms in total. The van der Waals surface area contributed by atoms with Crippen molar-refractivity contribution in [3.05, 3.63) is 60.1 Å². The molecule has 1 atom stereocenters. The van der Waals surface area contributed by atoms with Gasteiger partial charge in [-0.2, -0.15) is 0 Å². The van der Waals surface area contributed by atoms with Crippen LogP contribution in [0.4, 0.5) is 0 Å². The zero-order valence-electron chi connectivity index (χ0n) is 15.3. The van der Waals surface area contributed by atoms with E-state index in [1.54, 1.807) is 6.26 Å². The Morgan fingerprint density at radius 3 is 2.77 bits per heavy atom. The maximum absolute atomic E-state index is 5.50. The van der Waals surface area contributed by atoms with Gasteiger partial charge in [0.15, 0.2) is 5.96 Å². The lowest BCUT2D eigenvalue weighted by molar-refractivity contribution is 0.181. The number of furan rings is 1. The number of benzene rings is 1. The summed E-state index contributed by atoms with van der Waals surface area (Å²) < 4.78 is 10.9. The first-order chi connectivity index (χ1) is 12.3. The monoisotopic (exact) mass is 469 g/mol. The van der Waals surface area contributed by atoms with Crippen LogP contribution in [0.15, 0.2) is 58.1 Å². The molecule has 3 rings (SSSR count). The summed E-state index contributed by atoms with van der Waals surface area (Å²) >= 11 is 0. The van der Waals surface area contributed by atoms with Crippen LogP contribution in [0.25, 0.3) is 0 Å². The van der Waals surface area contributed by atoms with E-state index in [0.29, 0.717) is 12.5 Å². The third kappa shape index (κ3) is 6.64. The second-order valence-corrected chi connectivity index (χ2v) is 6.49. The summed E-state index contributed by atoms with van der Waals surface area (Å²) in [6.07, 6.45) is 3.69. The standard InChI is InChI=1S/C20H27N3O2.HI/c1-23(15-18-10-13-24-16-18)20(21-11-9-19-8-5-12-25-19)22-14-17-6-3-2-4-7-17;/h2-8,12,18H,9-11,13-16H2,1H3,(H,21,22);1H. The second-order valence-electron chi connectivity index (χ2n) is 6.49. The normalized spacial score (nSPS) is 17.0. The van der Waals surface area contributed by atoms with E-state index in [0.717, 1.165) is 50.9 Å². The maximum Gasteiger partial charge on any atom is 0.194 e. The second kappa shape index (κ2) is 11.2. The van der Waals surface area contributed by atoms with Crippen molar-refractivity contribution in [2.45, 2.75) is 19.4 Å². The highest BCUT2D eigenvalue weighted by Crippen LogP contribution is 2.13. The van der Waals surface area contributed by atoms with Crippen LogP contribution in [-0.4, -0.2) is 44.2 Å². The van der Waals surface area contributed by atoms with Crippen molar-refractivity contribution in [3.8, 4) is 0 Å². The molecular formula is C20H28IN3O2. The van der Waals surface area contributed by atoms with E-state index in [-0.39, 0.29) is 24.0 Å². The van der Waals surface area contributed by atoms with Gasteiger partial charge >= 0.3 is 0 Å². The van der Waals surface area contributed by atoms with E-state index in [4.69, 9.17) is 14.1 Å². The van der Waals surface area contributed by atoms with Gasteiger partial charge in [-0.25, -0.2) is 4.99 Å². The smallest absolute Gasteiger partial charge is 0.194 e. The summed E-state index contributed by atoms with van der Waals surface area (Å²) in [6, 6.07) is 14.3. The average molecular weight is 469 g/mol. The Morgan fingerprint density at radius 1 is 1.23 bits per heavy atom. The zero-order chi connectivity index (χ0) is 17.3. The fraction of sp³-hybridized carbons (Fsp3) is 0.450. The molecule has 0 aliphatic carbocycles. The fourth-order valence-corrected chi connectivity index (χ4v) is 3.01. The van der Waals surface area contributed by atoms with Crippen LogP contribution < -0.4 is 5.32 Å². The highest BCUT2D eigenvalue weighted by atomic mass is 127. The minimum atomic E-state index is 0. The average Bonchev–Trinajstić information content (AvgIpc) is 3.32. The first-order valence-corrected chi connectivity index (χ1v) is 8.95. The zero-order valence-corrected chi connectivity index (χ0v) is 17.6. The lowest BCUT2D eigenvalue weighted by Gasteiger charge is -2.25. The van der Waals surface area contributed by atoms with Crippen LogP contribution in [0.5, 0.6) is 0 Å². The van der Waals surface area contributed by atoms with Gasteiger partial charge in [-0.15, -0.1) is 24.0 Å². The van der Waals surface area contributed by atoms with E-state index in [1.807, 2.05) is 18.2 Å². The van der Waals surface area contributed by atoms with Crippen LogP contribution in [-0.2, 0) is 17.7 Å². The summed E-state index contributed by atoms with van der Waals surface area (Å²) in [4.78, 5) is 7.03. The number of ether oxygens (including phenoxy) is 1. The molecule has 1 aromatic carbocycles. The summed E-state index contributed by atoms with van der Waals surface area (Å²) in [6.45, 7) is 4.16. The van der Waals surface area contributed by atoms with Gasteiger partial charge in [0.1, 0.15) is 5.76 Å². The topological polar surface area (TPSA) is 50.0 Å². The van der Waals surface area contributed by atoms with Crippen molar-refractivity contribution < 1.29 is 9.15 Å². The summed E-state index contributed by atoms with van der Waals surface area (Å²) in [7, 11) is 2.10. The Labute approximate surface area is 172 Å². The SMILES string of the molecule is CN(CC1CCOC1)C(=NCc1ccccc1)NCCc1ccco1.I. The number of nitrogens with one attached hydrogen (secondary N) is 1. The maximum atomic E-state index is 5.50. The largest absolute Gasteiger partial charge is 0.469 e. The molecule has 0 saturated carbocycles. The molecule has 1 fully saturated rings. The molecule has 0 bridgehead atoms. The number of hydrogen-bond acceptors (Lipinski definition) is 3. The predicted octanol–water partition coefficient (Wildman–Crippen LogP) is 3.55. The number of rotatable bonds is 7. The van der Waals surface area contributed by atoms with E-state index in [2.05, 4.69) is 41.5 Å². The van der Waals surface area contributed by atoms with E-state index in [9.17, 15) is 0 Å². The molecule has 0 radical (unpaired) electrons. The molecule has 1 N–H and O–H groups in total. The minimum absolute atomic E-state index is 0. The molecular weight excluding hydrogens is 441 g/mol. The first kappa shape index (κ1) is 20.8. The van der Waals surface area contributed by atoms with Gasteiger partial charge in [-0.1, -0.05) is 30.3 Å². The number of hydrogen-bond donors (Lipinski definition) is 1. The van der Waals surface area contributed by atoms with Gasteiger partial charge in [0.05, 0.1) is 19.4 Å². The quantitative estimate of drug-likeness (QED) is 0.383. The van der Waals surface area contributed by atoms with Crippen molar-refractivity contribution in [2.24, 2.45) is 10.9 Å². The van der Waals surface area contributed by atoms with E-state index in [1.165, 1.54) is 5.56 Å². The molecule has 1 aliphatic heterocycles. The van der Waals surface area contributed by atoms with Gasteiger partial charge in [0.25, 0.3) is 0 Å². The Bertz CT molecular complexity index is 640. The molecule has 142 valence electrons. The minimum Gasteiger partial charge on any atom is -0.469 e. The Morgan fingerprint density at radius 2 is 2.08 bits per heavy atom. The van der Waals surface area contributed by atoms with Crippen molar-refractivity contribution in [3.63, 3.8) is 0 Å². The number of guanidine groups is 1. The Hall–Kier alpha value is -1.54. The third-order valence-electron chi connectivity index (χ3n) is 4.41. The lowest BCUT2D eigenvalue weighted by Crippen LogP contribution is -2.42. The van der Waals surface area contributed by atoms with Crippen LogP contribution >= 0.6 is 24.0 Å². The molecule has 1 unspecified atom stereocenters. The summed E-state index contributed by atoms with van der Waals surface area (Å²) in [5.74, 6) is 2.50. The van der Waals surface area contributed by atoms with Gasteiger partial charge in [0.2, 0.25) is 0 Å².